The van der Waals surface area contributed by atoms with E-state index >= 15 is 0 Å². The molecule has 0 saturated heterocycles. The second-order valence-corrected chi connectivity index (χ2v) is 4.81. The molecule has 0 bridgehead atoms. The normalized spacial score (nSPS) is 10.7. The summed E-state index contributed by atoms with van der Waals surface area (Å²) in [5.41, 5.74) is 5.70. The molecule has 0 spiro atoms. The Kier molecular flexibility index (Phi) is 3.69. The van der Waals surface area contributed by atoms with Crippen molar-refractivity contribution in [3.8, 4) is 11.1 Å². The number of hydrogen-bond acceptors (Lipinski definition) is 2. The molecule has 4 heteroatoms. The van der Waals surface area contributed by atoms with Crippen LogP contribution in [0.3, 0.4) is 0 Å². The fourth-order valence-corrected chi connectivity index (χ4v) is 2.07. The van der Waals surface area contributed by atoms with E-state index in [9.17, 15) is 4.79 Å². The maximum atomic E-state index is 10.6. The third-order valence-electron chi connectivity index (χ3n) is 3.46. The standard InChI is InChI=1S/C15H18N2O2/c1-10-4-5-13(8-11(10)2)14-9-16-17(12(14)3)7-6-15(18)19/h4-5,8-9H,6-7H2,1-3H3,(H,18,19). The highest BCUT2D eigenvalue weighted by molar-refractivity contribution is 5.67. The Balaban J connectivity index is 2.30. The van der Waals surface area contributed by atoms with Crippen molar-refractivity contribution in [3.63, 3.8) is 0 Å². The molecule has 0 amide bonds. The highest BCUT2D eigenvalue weighted by Crippen LogP contribution is 2.25. The molecule has 1 aromatic heterocycles. The molecule has 2 aromatic rings. The highest BCUT2D eigenvalue weighted by atomic mass is 16.4. The van der Waals surface area contributed by atoms with Gasteiger partial charge in [0.25, 0.3) is 0 Å². The number of carboxylic acid groups (broad SMARTS) is 1. The van der Waals surface area contributed by atoms with Crippen LogP contribution >= 0.6 is 0 Å². The smallest absolute Gasteiger partial charge is 0.305 e. The van der Waals surface area contributed by atoms with Crippen molar-refractivity contribution in [1.82, 2.24) is 9.78 Å². The van der Waals surface area contributed by atoms with Crippen LogP contribution in [0.15, 0.2) is 24.4 Å². The van der Waals surface area contributed by atoms with E-state index in [1.165, 1.54) is 11.1 Å². The molecule has 0 aliphatic rings. The van der Waals surface area contributed by atoms with E-state index in [1.807, 2.05) is 6.92 Å². The number of rotatable bonds is 4. The van der Waals surface area contributed by atoms with E-state index in [0.29, 0.717) is 6.54 Å². The van der Waals surface area contributed by atoms with Crippen molar-refractivity contribution >= 4 is 5.97 Å². The highest BCUT2D eigenvalue weighted by Gasteiger charge is 2.10. The number of carboxylic acids is 1. The molecular formula is C15H18N2O2. The first kappa shape index (κ1) is 13.3. The molecule has 100 valence electrons. The van der Waals surface area contributed by atoms with Crippen LogP contribution in [0, 0.1) is 20.8 Å². The molecule has 0 saturated carbocycles. The first-order chi connectivity index (χ1) is 8.99. The lowest BCUT2D eigenvalue weighted by Gasteiger charge is -2.06. The van der Waals surface area contributed by atoms with Crippen molar-refractivity contribution < 1.29 is 9.90 Å². The molecule has 19 heavy (non-hydrogen) atoms. The van der Waals surface area contributed by atoms with Crippen LogP contribution in [0.4, 0.5) is 0 Å². The van der Waals surface area contributed by atoms with Gasteiger partial charge in [0, 0.05) is 11.3 Å². The van der Waals surface area contributed by atoms with Crippen LogP contribution in [0.5, 0.6) is 0 Å². The Morgan fingerprint density at radius 2 is 2.00 bits per heavy atom. The Morgan fingerprint density at radius 3 is 2.63 bits per heavy atom. The predicted octanol–water partition coefficient (Wildman–Crippen LogP) is 2.95. The van der Waals surface area contributed by atoms with Gasteiger partial charge < -0.3 is 5.11 Å². The summed E-state index contributed by atoms with van der Waals surface area (Å²) in [4.78, 5) is 10.6. The van der Waals surface area contributed by atoms with Gasteiger partial charge in [0.05, 0.1) is 19.2 Å². The fourth-order valence-electron chi connectivity index (χ4n) is 2.07. The van der Waals surface area contributed by atoms with Crippen LogP contribution in [0.1, 0.15) is 23.2 Å². The maximum Gasteiger partial charge on any atom is 0.305 e. The second kappa shape index (κ2) is 5.26. The average molecular weight is 258 g/mol. The molecule has 0 fully saturated rings. The van der Waals surface area contributed by atoms with Gasteiger partial charge in [-0.3, -0.25) is 9.48 Å². The van der Waals surface area contributed by atoms with Crippen LogP contribution in [0.25, 0.3) is 11.1 Å². The SMILES string of the molecule is Cc1ccc(-c2cnn(CCC(=O)O)c2C)cc1C. The van der Waals surface area contributed by atoms with Crippen LogP contribution in [-0.4, -0.2) is 20.9 Å². The fraction of sp³-hybridized carbons (Fsp3) is 0.333. The van der Waals surface area contributed by atoms with Gasteiger partial charge >= 0.3 is 5.97 Å². The van der Waals surface area contributed by atoms with Gasteiger partial charge in [0.1, 0.15) is 0 Å². The van der Waals surface area contributed by atoms with Crippen molar-refractivity contribution in [2.75, 3.05) is 0 Å². The zero-order valence-corrected chi connectivity index (χ0v) is 11.5. The van der Waals surface area contributed by atoms with Crippen molar-refractivity contribution in [2.24, 2.45) is 0 Å². The number of benzene rings is 1. The molecule has 1 heterocycles. The van der Waals surface area contributed by atoms with Gasteiger partial charge in [-0.25, -0.2) is 0 Å². The van der Waals surface area contributed by atoms with Gasteiger partial charge in [-0.2, -0.15) is 5.10 Å². The van der Waals surface area contributed by atoms with E-state index in [-0.39, 0.29) is 6.42 Å². The summed E-state index contributed by atoms with van der Waals surface area (Å²) >= 11 is 0. The average Bonchev–Trinajstić information content (AvgIpc) is 2.72. The van der Waals surface area contributed by atoms with Crippen molar-refractivity contribution in [2.45, 2.75) is 33.7 Å². The number of carbonyl (C=O) groups is 1. The summed E-state index contributed by atoms with van der Waals surface area (Å²) in [6, 6.07) is 6.31. The van der Waals surface area contributed by atoms with Crippen molar-refractivity contribution in [1.29, 1.82) is 0 Å². The van der Waals surface area contributed by atoms with Crippen LogP contribution in [0.2, 0.25) is 0 Å². The molecule has 1 aromatic carbocycles. The summed E-state index contributed by atoms with van der Waals surface area (Å²) in [5, 5.41) is 13.0. The Hall–Kier alpha value is -2.10. The lowest BCUT2D eigenvalue weighted by molar-refractivity contribution is -0.137. The number of hydrogen-bond donors (Lipinski definition) is 1. The van der Waals surface area contributed by atoms with Crippen molar-refractivity contribution in [3.05, 3.63) is 41.2 Å². The zero-order chi connectivity index (χ0) is 14.0. The predicted molar refractivity (Wildman–Crippen MR) is 74.1 cm³/mol. The molecule has 2 rings (SSSR count). The molecule has 4 nitrogen and oxygen atoms in total. The minimum Gasteiger partial charge on any atom is -0.481 e. The van der Waals surface area contributed by atoms with E-state index in [1.54, 1.807) is 10.9 Å². The van der Waals surface area contributed by atoms with Crippen LogP contribution in [-0.2, 0) is 11.3 Å². The van der Waals surface area contributed by atoms with Gasteiger partial charge in [0.2, 0.25) is 0 Å². The summed E-state index contributed by atoms with van der Waals surface area (Å²) in [5.74, 6) is -0.803. The Labute approximate surface area is 112 Å². The van der Waals surface area contributed by atoms with E-state index in [2.05, 4.69) is 37.1 Å². The maximum absolute atomic E-state index is 10.6. The van der Waals surface area contributed by atoms with Crippen LogP contribution < -0.4 is 0 Å². The molecule has 0 unspecified atom stereocenters. The lowest BCUT2D eigenvalue weighted by Crippen LogP contribution is -2.07. The molecule has 0 aliphatic heterocycles. The minimum absolute atomic E-state index is 0.0921. The van der Waals surface area contributed by atoms with Gasteiger partial charge in [-0.1, -0.05) is 18.2 Å². The summed E-state index contributed by atoms with van der Waals surface area (Å²) in [6.07, 6.45) is 1.90. The monoisotopic (exact) mass is 258 g/mol. The quantitative estimate of drug-likeness (QED) is 0.917. The lowest BCUT2D eigenvalue weighted by atomic mass is 10.0. The van der Waals surface area contributed by atoms with E-state index < -0.39 is 5.97 Å². The molecule has 0 atom stereocenters. The summed E-state index contributed by atoms with van der Waals surface area (Å²) in [7, 11) is 0. The number of aryl methyl sites for hydroxylation is 3. The Morgan fingerprint density at radius 1 is 1.26 bits per heavy atom. The molecule has 1 N–H and O–H groups in total. The number of aromatic nitrogens is 2. The number of aliphatic carboxylic acids is 1. The summed E-state index contributed by atoms with van der Waals surface area (Å²) in [6.45, 7) is 6.55. The third-order valence-corrected chi connectivity index (χ3v) is 3.46. The van der Waals surface area contributed by atoms with Gasteiger partial charge in [-0.15, -0.1) is 0 Å². The minimum atomic E-state index is -0.803. The molecule has 0 radical (unpaired) electrons. The zero-order valence-electron chi connectivity index (χ0n) is 11.5. The Bertz CT molecular complexity index is 615. The third kappa shape index (κ3) is 2.84. The number of nitrogens with zero attached hydrogens (tertiary/aromatic N) is 2. The second-order valence-electron chi connectivity index (χ2n) is 4.81. The van der Waals surface area contributed by atoms with E-state index in [4.69, 9.17) is 5.11 Å². The first-order valence-corrected chi connectivity index (χ1v) is 6.31. The molecular weight excluding hydrogens is 240 g/mol. The van der Waals surface area contributed by atoms with Gasteiger partial charge in [-0.05, 0) is 37.5 Å². The topological polar surface area (TPSA) is 55.1 Å². The summed E-state index contributed by atoms with van der Waals surface area (Å²) < 4.78 is 1.75. The first-order valence-electron chi connectivity index (χ1n) is 6.31. The van der Waals surface area contributed by atoms with E-state index in [0.717, 1.165) is 16.8 Å². The molecule has 0 aliphatic carbocycles. The largest absolute Gasteiger partial charge is 0.481 e. The van der Waals surface area contributed by atoms with Gasteiger partial charge in [0.15, 0.2) is 0 Å².